The quantitative estimate of drug-likeness (QED) is 0.798. The predicted octanol–water partition coefficient (Wildman–Crippen LogP) is 1.52. The number of nitrogens with zero attached hydrogens (tertiary/aromatic N) is 7. The van der Waals surface area contributed by atoms with Crippen LogP contribution in [0.1, 0.15) is 30.9 Å². The molecular weight excluding hydrogens is 361 g/mol. The number of likely N-dealkylation sites (N-methyl/N-ethyl adjacent to an activating group) is 1. The Balaban J connectivity index is 1.41. The first-order valence-electron chi connectivity index (χ1n) is 10.0. The van der Waals surface area contributed by atoms with Crippen molar-refractivity contribution in [2.75, 3.05) is 61.4 Å². The molecule has 2 N–H and O–H groups in total. The SMILES string of the molecule is CN1CCN(c2nc(Nc3cc(C4CC4)[nH]n3)nc(N3CC[C@@H](F)C3)n2)CC1. The lowest BCUT2D eigenvalue weighted by molar-refractivity contribution is 0.311. The fourth-order valence-corrected chi connectivity index (χ4v) is 3.72. The number of piperazine rings is 1. The molecule has 9 nitrogen and oxygen atoms in total. The van der Waals surface area contributed by atoms with Gasteiger partial charge in [0.05, 0.1) is 6.54 Å². The molecule has 150 valence electrons. The second-order valence-electron chi connectivity index (χ2n) is 7.99. The molecule has 0 spiro atoms. The summed E-state index contributed by atoms with van der Waals surface area (Å²) in [7, 11) is 2.11. The van der Waals surface area contributed by atoms with Crippen LogP contribution in [0.3, 0.4) is 0 Å². The van der Waals surface area contributed by atoms with Gasteiger partial charge in [-0.15, -0.1) is 0 Å². The van der Waals surface area contributed by atoms with Crippen LogP contribution < -0.4 is 15.1 Å². The van der Waals surface area contributed by atoms with Gasteiger partial charge in [0.2, 0.25) is 17.8 Å². The van der Waals surface area contributed by atoms with Crippen molar-refractivity contribution in [2.24, 2.45) is 0 Å². The highest BCUT2D eigenvalue weighted by Crippen LogP contribution is 2.39. The maximum atomic E-state index is 13.7. The average Bonchev–Trinajstić information content (AvgIpc) is 3.29. The van der Waals surface area contributed by atoms with E-state index in [-0.39, 0.29) is 0 Å². The van der Waals surface area contributed by atoms with Crippen LogP contribution in [0, 0.1) is 0 Å². The number of anilines is 4. The molecule has 2 aliphatic heterocycles. The first kappa shape index (κ1) is 17.6. The van der Waals surface area contributed by atoms with E-state index in [0.29, 0.717) is 49.1 Å². The van der Waals surface area contributed by atoms with Crippen molar-refractivity contribution in [1.29, 1.82) is 0 Å². The molecule has 0 unspecified atom stereocenters. The van der Waals surface area contributed by atoms with Gasteiger partial charge >= 0.3 is 0 Å². The molecule has 1 atom stereocenters. The standard InChI is InChI=1S/C18H26FN9/c1-26-6-8-27(9-7-26)17-21-16(20-15-10-14(24-25-15)12-2-3-12)22-18(23-17)28-5-4-13(19)11-28/h10,12-13H,2-9,11H2,1H3,(H2,20,21,22,23,24,25)/t13-/m1/s1. The largest absolute Gasteiger partial charge is 0.338 e. The Morgan fingerprint density at radius 2 is 1.75 bits per heavy atom. The van der Waals surface area contributed by atoms with Crippen LogP contribution in [-0.4, -0.2) is 82.5 Å². The summed E-state index contributed by atoms with van der Waals surface area (Å²) in [5.41, 5.74) is 1.15. The lowest BCUT2D eigenvalue weighted by Gasteiger charge is -2.32. The average molecular weight is 387 g/mol. The van der Waals surface area contributed by atoms with Gasteiger partial charge in [-0.3, -0.25) is 5.10 Å². The highest BCUT2D eigenvalue weighted by molar-refractivity contribution is 5.53. The molecule has 2 saturated heterocycles. The minimum Gasteiger partial charge on any atom is -0.338 e. The molecule has 1 aliphatic carbocycles. The lowest BCUT2D eigenvalue weighted by Crippen LogP contribution is -2.45. The molecule has 2 aromatic rings. The van der Waals surface area contributed by atoms with E-state index in [1.165, 1.54) is 12.8 Å². The maximum Gasteiger partial charge on any atom is 0.235 e. The van der Waals surface area contributed by atoms with Crippen molar-refractivity contribution >= 4 is 23.7 Å². The first-order valence-corrected chi connectivity index (χ1v) is 10.0. The molecule has 3 aliphatic rings. The van der Waals surface area contributed by atoms with Crippen LogP contribution in [-0.2, 0) is 0 Å². The van der Waals surface area contributed by atoms with Crippen molar-refractivity contribution in [2.45, 2.75) is 31.4 Å². The fraction of sp³-hybridized carbons (Fsp3) is 0.667. The summed E-state index contributed by atoms with van der Waals surface area (Å²) in [6.45, 7) is 4.61. The van der Waals surface area contributed by atoms with Gasteiger partial charge in [-0.05, 0) is 26.3 Å². The van der Waals surface area contributed by atoms with Gasteiger partial charge in [-0.25, -0.2) is 4.39 Å². The summed E-state index contributed by atoms with van der Waals surface area (Å²) in [6.07, 6.45) is 2.12. The Morgan fingerprint density at radius 1 is 1.00 bits per heavy atom. The molecule has 4 heterocycles. The van der Waals surface area contributed by atoms with E-state index in [9.17, 15) is 4.39 Å². The Hall–Kier alpha value is -2.49. The minimum absolute atomic E-state index is 0.333. The van der Waals surface area contributed by atoms with Gasteiger partial charge in [0.15, 0.2) is 5.82 Å². The van der Waals surface area contributed by atoms with Crippen molar-refractivity contribution < 1.29 is 4.39 Å². The molecule has 10 heteroatoms. The number of hydrogen-bond donors (Lipinski definition) is 2. The number of alkyl halides is 1. The second kappa shape index (κ2) is 7.16. The highest BCUT2D eigenvalue weighted by Gasteiger charge is 2.28. The number of nitrogens with one attached hydrogen (secondary N) is 2. The van der Waals surface area contributed by atoms with Gasteiger partial charge in [-0.2, -0.15) is 20.1 Å². The van der Waals surface area contributed by atoms with Crippen molar-refractivity contribution in [3.05, 3.63) is 11.8 Å². The fourth-order valence-electron chi connectivity index (χ4n) is 3.72. The van der Waals surface area contributed by atoms with Crippen molar-refractivity contribution in [3.63, 3.8) is 0 Å². The van der Waals surface area contributed by atoms with Gasteiger partial charge in [0.1, 0.15) is 6.17 Å². The number of rotatable bonds is 5. The zero-order valence-corrected chi connectivity index (χ0v) is 16.1. The van der Waals surface area contributed by atoms with Crippen LogP contribution in [0.5, 0.6) is 0 Å². The Labute approximate surface area is 163 Å². The molecule has 0 amide bonds. The van der Waals surface area contributed by atoms with E-state index >= 15 is 0 Å². The summed E-state index contributed by atoms with van der Waals surface area (Å²) >= 11 is 0. The van der Waals surface area contributed by atoms with Crippen LogP contribution in [0.25, 0.3) is 0 Å². The van der Waals surface area contributed by atoms with Crippen LogP contribution in [0.15, 0.2) is 6.07 Å². The van der Waals surface area contributed by atoms with E-state index in [1.54, 1.807) is 0 Å². The normalized spacial score (nSPS) is 23.4. The smallest absolute Gasteiger partial charge is 0.235 e. The molecule has 28 heavy (non-hydrogen) atoms. The molecule has 0 bridgehead atoms. The second-order valence-corrected chi connectivity index (χ2v) is 7.99. The highest BCUT2D eigenvalue weighted by atomic mass is 19.1. The van der Waals surface area contributed by atoms with Crippen molar-refractivity contribution in [1.82, 2.24) is 30.0 Å². The van der Waals surface area contributed by atoms with Gasteiger partial charge in [0.25, 0.3) is 0 Å². The summed E-state index contributed by atoms with van der Waals surface area (Å²) in [5, 5.41) is 10.6. The van der Waals surface area contributed by atoms with Crippen LogP contribution in [0.2, 0.25) is 0 Å². The van der Waals surface area contributed by atoms with E-state index in [1.807, 2.05) is 11.0 Å². The number of hydrogen-bond acceptors (Lipinski definition) is 8. The monoisotopic (exact) mass is 387 g/mol. The number of aromatic nitrogens is 5. The molecule has 5 rings (SSSR count). The van der Waals surface area contributed by atoms with Gasteiger partial charge < -0.3 is 20.0 Å². The van der Waals surface area contributed by atoms with Crippen LogP contribution >= 0.6 is 0 Å². The predicted molar refractivity (Wildman–Crippen MR) is 105 cm³/mol. The molecule has 1 saturated carbocycles. The Bertz CT molecular complexity index is 828. The molecular formula is C18H26FN9. The van der Waals surface area contributed by atoms with Crippen LogP contribution in [0.4, 0.5) is 28.1 Å². The minimum atomic E-state index is -0.826. The summed E-state index contributed by atoms with van der Waals surface area (Å²) in [5.74, 6) is 2.93. The maximum absolute atomic E-state index is 13.7. The Morgan fingerprint density at radius 3 is 2.43 bits per heavy atom. The number of aromatic amines is 1. The van der Waals surface area contributed by atoms with E-state index in [2.05, 4.69) is 47.3 Å². The van der Waals surface area contributed by atoms with E-state index < -0.39 is 6.17 Å². The number of halogens is 1. The zero-order chi connectivity index (χ0) is 19.1. The third-order valence-electron chi connectivity index (χ3n) is 5.67. The molecule has 0 aromatic carbocycles. The Kier molecular flexibility index (Phi) is 4.50. The third kappa shape index (κ3) is 3.73. The summed E-state index contributed by atoms with van der Waals surface area (Å²) in [4.78, 5) is 20.2. The summed E-state index contributed by atoms with van der Waals surface area (Å²) in [6, 6.07) is 2.02. The number of H-pyrrole nitrogens is 1. The van der Waals surface area contributed by atoms with E-state index in [4.69, 9.17) is 0 Å². The molecule has 0 radical (unpaired) electrons. The van der Waals surface area contributed by atoms with Gasteiger partial charge in [0, 0.05) is 50.4 Å². The lowest BCUT2D eigenvalue weighted by atomic mass is 10.3. The van der Waals surface area contributed by atoms with Crippen molar-refractivity contribution in [3.8, 4) is 0 Å². The molecule has 3 fully saturated rings. The molecule has 2 aromatic heterocycles. The topological polar surface area (TPSA) is 89.1 Å². The third-order valence-corrected chi connectivity index (χ3v) is 5.67. The summed E-state index contributed by atoms with van der Waals surface area (Å²) < 4.78 is 13.7. The van der Waals surface area contributed by atoms with E-state index in [0.717, 1.165) is 31.9 Å². The van der Waals surface area contributed by atoms with Gasteiger partial charge in [-0.1, -0.05) is 0 Å². The zero-order valence-electron chi connectivity index (χ0n) is 16.1. The first-order chi connectivity index (χ1) is 13.6.